The Morgan fingerprint density at radius 3 is 2.50 bits per heavy atom. The van der Waals surface area contributed by atoms with Gasteiger partial charge in [0.2, 0.25) is 10.0 Å². The zero-order valence-corrected chi connectivity index (χ0v) is 15.3. The predicted octanol–water partition coefficient (Wildman–Crippen LogP) is 0.526. The van der Waals surface area contributed by atoms with Crippen molar-refractivity contribution < 1.29 is 18.1 Å². The van der Waals surface area contributed by atoms with E-state index in [0.29, 0.717) is 25.3 Å². The van der Waals surface area contributed by atoms with Crippen LogP contribution in [0.15, 0.2) is 59.5 Å². The van der Waals surface area contributed by atoms with E-state index in [1.807, 2.05) is 36.4 Å². The maximum absolute atomic E-state index is 12.7. The third kappa shape index (κ3) is 4.41. The maximum atomic E-state index is 12.7. The number of nitrogens with zero attached hydrogens (tertiary/aromatic N) is 2. The van der Waals surface area contributed by atoms with Gasteiger partial charge in [0.1, 0.15) is 18.9 Å². The van der Waals surface area contributed by atoms with Crippen molar-refractivity contribution in [2.75, 3.05) is 39.3 Å². The molecule has 1 aliphatic heterocycles. The summed E-state index contributed by atoms with van der Waals surface area (Å²) in [5.41, 5.74) is 0.355. The lowest BCUT2D eigenvalue weighted by atomic mass is 10.2. The molecule has 136 valence electrons. The van der Waals surface area contributed by atoms with E-state index < -0.39 is 10.0 Å². The van der Waals surface area contributed by atoms with Crippen molar-refractivity contribution in [3.05, 3.63) is 60.2 Å². The van der Waals surface area contributed by atoms with E-state index in [2.05, 4.69) is 0 Å². The molecular weight excluding hydrogens is 350 g/mol. The highest BCUT2D eigenvalue weighted by Gasteiger charge is 2.30. The van der Waals surface area contributed by atoms with Gasteiger partial charge in [-0.1, -0.05) is 24.3 Å². The molecule has 0 radical (unpaired) electrons. The number of rotatable bonds is 6. The summed E-state index contributed by atoms with van der Waals surface area (Å²) in [6.45, 7) is 3.88. The summed E-state index contributed by atoms with van der Waals surface area (Å²) in [6, 6.07) is 17.8. The van der Waals surface area contributed by atoms with Crippen LogP contribution in [0.5, 0.6) is 5.75 Å². The SMILES string of the molecule is N#Cc1cccc(S(=O)(=O)N2CC[NH+](CCOc3ccccc3)CC2)c1. The number of sulfonamides is 1. The molecule has 0 saturated carbocycles. The van der Waals surface area contributed by atoms with Crippen LogP contribution in [0.4, 0.5) is 0 Å². The third-order valence-corrected chi connectivity index (χ3v) is 6.39. The molecule has 1 heterocycles. The Morgan fingerprint density at radius 1 is 1.08 bits per heavy atom. The smallest absolute Gasteiger partial charge is 0.243 e. The van der Waals surface area contributed by atoms with Gasteiger partial charge in [0, 0.05) is 0 Å². The molecule has 2 aromatic rings. The number of nitrogens with one attached hydrogen (secondary N) is 1. The number of piperazine rings is 1. The van der Waals surface area contributed by atoms with Crippen LogP contribution in [-0.2, 0) is 10.0 Å². The summed E-state index contributed by atoms with van der Waals surface area (Å²) in [6.07, 6.45) is 0. The molecule has 1 fully saturated rings. The minimum Gasteiger partial charge on any atom is -0.488 e. The lowest BCUT2D eigenvalue weighted by molar-refractivity contribution is -0.903. The van der Waals surface area contributed by atoms with Gasteiger partial charge in [-0.3, -0.25) is 0 Å². The number of quaternary nitrogens is 1. The molecule has 0 spiro atoms. The number of nitriles is 1. The van der Waals surface area contributed by atoms with Crippen molar-refractivity contribution in [1.29, 1.82) is 5.26 Å². The summed E-state index contributed by atoms with van der Waals surface area (Å²) in [4.78, 5) is 1.52. The van der Waals surface area contributed by atoms with Gasteiger partial charge in [0.25, 0.3) is 0 Å². The molecule has 3 rings (SSSR count). The summed E-state index contributed by atoms with van der Waals surface area (Å²) in [5.74, 6) is 0.852. The van der Waals surface area contributed by atoms with E-state index in [4.69, 9.17) is 10.00 Å². The summed E-state index contributed by atoms with van der Waals surface area (Å²) < 4.78 is 32.7. The highest BCUT2D eigenvalue weighted by molar-refractivity contribution is 7.89. The topological polar surface area (TPSA) is 74.8 Å². The first-order valence-corrected chi connectivity index (χ1v) is 10.1. The van der Waals surface area contributed by atoms with Crippen molar-refractivity contribution in [2.45, 2.75) is 4.90 Å². The average molecular weight is 372 g/mol. The first-order chi connectivity index (χ1) is 12.6. The van der Waals surface area contributed by atoms with Gasteiger partial charge in [-0.2, -0.15) is 9.57 Å². The molecule has 0 atom stereocenters. The Labute approximate surface area is 154 Å². The van der Waals surface area contributed by atoms with E-state index >= 15 is 0 Å². The van der Waals surface area contributed by atoms with Crippen LogP contribution in [0.25, 0.3) is 0 Å². The summed E-state index contributed by atoms with van der Waals surface area (Å²) in [5, 5.41) is 8.96. The molecule has 0 amide bonds. The van der Waals surface area contributed by atoms with Crippen molar-refractivity contribution in [2.24, 2.45) is 0 Å². The molecule has 0 aromatic heterocycles. The van der Waals surface area contributed by atoms with Crippen LogP contribution >= 0.6 is 0 Å². The Balaban J connectivity index is 1.52. The molecule has 0 aliphatic carbocycles. The molecule has 1 aliphatic rings. The van der Waals surface area contributed by atoms with Gasteiger partial charge < -0.3 is 9.64 Å². The molecule has 0 unspecified atom stereocenters. The van der Waals surface area contributed by atoms with E-state index in [1.54, 1.807) is 18.2 Å². The van der Waals surface area contributed by atoms with Crippen LogP contribution in [0, 0.1) is 11.3 Å². The fourth-order valence-corrected chi connectivity index (χ4v) is 4.49. The standard InChI is InChI=1S/C19H21N3O3S/c20-16-17-5-4-8-19(15-17)26(23,24)22-11-9-21(10-12-22)13-14-25-18-6-2-1-3-7-18/h1-8,15H,9-14H2/p+1. The van der Waals surface area contributed by atoms with Gasteiger partial charge in [-0.05, 0) is 30.3 Å². The van der Waals surface area contributed by atoms with Crippen LogP contribution in [-0.4, -0.2) is 52.1 Å². The quantitative estimate of drug-likeness (QED) is 0.803. The van der Waals surface area contributed by atoms with Gasteiger partial charge in [0.15, 0.2) is 0 Å². The Morgan fingerprint density at radius 2 is 1.81 bits per heavy atom. The number of ether oxygens (including phenoxy) is 1. The van der Waals surface area contributed by atoms with E-state index in [0.717, 1.165) is 25.4 Å². The lowest BCUT2D eigenvalue weighted by Gasteiger charge is -2.31. The van der Waals surface area contributed by atoms with Gasteiger partial charge in [0.05, 0.1) is 42.7 Å². The van der Waals surface area contributed by atoms with Crippen LogP contribution < -0.4 is 9.64 Å². The summed E-state index contributed by atoms with van der Waals surface area (Å²) >= 11 is 0. The fourth-order valence-electron chi connectivity index (χ4n) is 3.00. The zero-order valence-electron chi connectivity index (χ0n) is 14.5. The monoisotopic (exact) mass is 372 g/mol. The number of benzene rings is 2. The highest BCUT2D eigenvalue weighted by atomic mass is 32.2. The summed E-state index contributed by atoms with van der Waals surface area (Å²) in [7, 11) is -3.54. The first kappa shape index (κ1) is 18.4. The van der Waals surface area contributed by atoms with Gasteiger partial charge in [-0.25, -0.2) is 8.42 Å². The molecule has 1 saturated heterocycles. The third-order valence-electron chi connectivity index (χ3n) is 4.50. The Kier molecular flexibility index (Phi) is 5.89. The zero-order chi connectivity index (χ0) is 18.4. The number of para-hydroxylation sites is 1. The Bertz CT molecular complexity index is 870. The van der Waals surface area contributed by atoms with Crippen LogP contribution in [0.1, 0.15) is 5.56 Å². The number of hydrogen-bond donors (Lipinski definition) is 1. The fraction of sp³-hybridized carbons (Fsp3) is 0.316. The molecular formula is C19H22N3O3S+. The first-order valence-electron chi connectivity index (χ1n) is 8.61. The van der Waals surface area contributed by atoms with E-state index in [1.165, 1.54) is 15.3 Å². The predicted molar refractivity (Wildman–Crippen MR) is 97.4 cm³/mol. The normalized spacial score (nSPS) is 16.1. The van der Waals surface area contributed by atoms with Crippen LogP contribution in [0.3, 0.4) is 0 Å². The second-order valence-electron chi connectivity index (χ2n) is 6.21. The molecule has 7 heteroatoms. The largest absolute Gasteiger partial charge is 0.488 e. The Hall–Kier alpha value is -2.40. The average Bonchev–Trinajstić information content (AvgIpc) is 2.69. The van der Waals surface area contributed by atoms with Crippen molar-refractivity contribution >= 4 is 10.0 Å². The van der Waals surface area contributed by atoms with Crippen molar-refractivity contribution in [3.63, 3.8) is 0 Å². The second kappa shape index (κ2) is 8.32. The minimum atomic E-state index is -3.54. The van der Waals surface area contributed by atoms with Crippen LogP contribution in [0.2, 0.25) is 0 Å². The van der Waals surface area contributed by atoms with Gasteiger partial charge in [-0.15, -0.1) is 0 Å². The van der Waals surface area contributed by atoms with E-state index in [9.17, 15) is 8.42 Å². The number of hydrogen-bond acceptors (Lipinski definition) is 4. The minimum absolute atomic E-state index is 0.187. The maximum Gasteiger partial charge on any atom is 0.243 e. The van der Waals surface area contributed by atoms with E-state index in [-0.39, 0.29) is 4.90 Å². The molecule has 2 aromatic carbocycles. The van der Waals surface area contributed by atoms with Gasteiger partial charge >= 0.3 is 0 Å². The molecule has 1 N–H and O–H groups in total. The highest BCUT2D eigenvalue weighted by Crippen LogP contribution is 2.16. The molecule has 0 bridgehead atoms. The second-order valence-corrected chi connectivity index (χ2v) is 8.14. The van der Waals surface area contributed by atoms with Crippen molar-refractivity contribution in [1.82, 2.24) is 4.31 Å². The lowest BCUT2D eigenvalue weighted by Crippen LogP contribution is -3.15. The molecule has 6 nitrogen and oxygen atoms in total. The van der Waals surface area contributed by atoms with Crippen molar-refractivity contribution in [3.8, 4) is 11.8 Å². The molecule has 26 heavy (non-hydrogen) atoms.